The van der Waals surface area contributed by atoms with Crippen LogP contribution in [0.4, 0.5) is 8.78 Å². The molecule has 1 aliphatic carbocycles. The molecule has 5 atom stereocenters. The molecule has 1 saturated carbocycles. The Kier molecular flexibility index (Phi) is 16.4. The number of aliphatic hydroxyl groups excluding tert-OH is 1. The van der Waals surface area contributed by atoms with Crippen molar-refractivity contribution in [2.24, 2.45) is 23.2 Å². The fraction of sp³-hybridized carbons (Fsp3) is 0.656. The van der Waals surface area contributed by atoms with Crippen molar-refractivity contribution >= 4 is 41.2 Å². The summed E-state index contributed by atoms with van der Waals surface area (Å²) in [5.41, 5.74) is -1.26. The molecule has 9 nitrogen and oxygen atoms in total. The SMILES string of the molecule is CC1CC1CCCCC(F)(F)c1nc2ccc(Cl)cc2[nH]c1=O.CCC1CCN(C(=O)[C@@H](NC=O)C(C)(C)C)C1[C-]=O.CO.[V]. The number of nitrogens with zero attached hydrogens (tertiary/aromatic N) is 2. The number of aromatic amines is 1. The molecule has 1 radical (unpaired) electrons. The van der Waals surface area contributed by atoms with Crippen molar-refractivity contribution in [2.45, 2.75) is 97.6 Å². The molecule has 2 aliphatic rings. The molecule has 4 unspecified atom stereocenters. The number of fused-ring (bicyclic) bond motifs is 1. The molecule has 2 amide bonds. The number of carbonyl (C=O) groups excluding carboxylic acids is 3. The third-order valence-corrected chi connectivity index (χ3v) is 8.63. The van der Waals surface area contributed by atoms with Gasteiger partial charge in [-0.3, -0.25) is 14.4 Å². The zero-order chi connectivity index (χ0) is 33.2. The summed E-state index contributed by atoms with van der Waals surface area (Å²) in [5.74, 6) is -1.78. The monoisotopic (exact) mass is 690 g/mol. The van der Waals surface area contributed by atoms with Crippen LogP contribution in [0.15, 0.2) is 23.0 Å². The van der Waals surface area contributed by atoms with E-state index in [1.165, 1.54) is 18.6 Å². The van der Waals surface area contributed by atoms with Crippen LogP contribution in [0.2, 0.25) is 5.02 Å². The number of benzene rings is 1. The molecule has 251 valence electrons. The summed E-state index contributed by atoms with van der Waals surface area (Å²) >= 11 is 5.83. The first-order chi connectivity index (χ1) is 20.7. The van der Waals surface area contributed by atoms with Crippen LogP contribution in [-0.4, -0.2) is 64.3 Å². The van der Waals surface area contributed by atoms with Crippen molar-refractivity contribution < 1.29 is 46.8 Å². The smallest absolute Gasteiger partial charge is 0.295 e. The van der Waals surface area contributed by atoms with Gasteiger partial charge < -0.3 is 25.1 Å². The minimum Gasteiger partial charge on any atom is -0.540 e. The fourth-order valence-electron chi connectivity index (χ4n) is 5.60. The molecule has 2 fully saturated rings. The van der Waals surface area contributed by atoms with Gasteiger partial charge in [-0.25, -0.2) is 11.3 Å². The van der Waals surface area contributed by atoms with E-state index in [4.69, 9.17) is 16.7 Å². The van der Waals surface area contributed by atoms with E-state index in [-0.39, 0.29) is 36.8 Å². The molecule has 1 aromatic carbocycles. The Morgan fingerprint density at radius 2 is 1.91 bits per heavy atom. The van der Waals surface area contributed by atoms with Gasteiger partial charge in [-0.15, -0.1) is 0 Å². The van der Waals surface area contributed by atoms with Crippen molar-refractivity contribution in [2.75, 3.05) is 13.7 Å². The maximum atomic E-state index is 14.3. The normalized spacial score (nSPS) is 21.3. The molecular formula is C32H46ClF2N4O5V-. The average molecular weight is 691 g/mol. The quantitative estimate of drug-likeness (QED) is 0.165. The molecular weight excluding hydrogens is 645 g/mol. The molecule has 3 N–H and O–H groups in total. The van der Waals surface area contributed by atoms with E-state index in [1.54, 1.807) is 11.0 Å². The van der Waals surface area contributed by atoms with Gasteiger partial charge in [-0.1, -0.05) is 71.5 Å². The van der Waals surface area contributed by atoms with Crippen LogP contribution >= 0.6 is 11.6 Å². The topological polar surface area (TPSA) is 132 Å². The Balaban J connectivity index is 0.000000425. The molecule has 2 aromatic rings. The minimum absolute atomic E-state index is 0. The number of H-pyrrole nitrogens is 1. The summed E-state index contributed by atoms with van der Waals surface area (Å²) in [5, 5.41) is 10.00. The van der Waals surface area contributed by atoms with Crippen LogP contribution < -0.4 is 10.9 Å². The molecule has 0 spiro atoms. The molecule has 1 saturated heterocycles. The predicted molar refractivity (Wildman–Crippen MR) is 167 cm³/mol. The number of carbonyl (C=O) groups is 2. The Morgan fingerprint density at radius 3 is 2.44 bits per heavy atom. The Morgan fingerprint density at radius 1 is 1.27 bits per heavy atom. The number of rotatable bonds is 11. The van der Waals surface area contributed by atoms with Crippen LogP contribution in [-0.2, 0) is 38.9 Å². The Labute approximate surface area is 281 Å². The molecule has 4 rings (SSSR count). The zero-order valence-electron chi connectivity index (χ0n) is 26.9. The van der Waals surface area contributed by atoms with Gasteiger partial charge in [-0.2, -0.15) is 8.78 Å². The van der Waals surface area contributed by atoms with Crippen LogP contribution in [0, 0.1) is 23.2 Å². The van der Waals surface area contributed by atoms with Crippen molar-refractivity contribution in [3.05, 3.63) is 39.3 Å². The van der Waals surface area contributed by atoms with Gasteiger partial charge in [0.2, 0.25) is 12.3 Å². The number of unbranched alkanes of at least 4 members (excludes halogenated alkanes) is 1. The van der Waals surface area contributed by atoms with Crippen molar-refractivity contribution in [1.82, 2.24) is 20.2 Å². The summed E-state index contributed by atoms with van der Waals surface area (Å²) in [7, 11) is 1.00. The average Bonchev–Trinajstić information content (AvgIpc) is 3.51. The summed E-state index contributed by atoms with van der Waals surface area (Å²) in [6.45, 7) is 10.4. The summed E-state index contributed by atoms with van der Waals surface area (Å²) in [4.78, 5) is 54.2. The van der Waals surface area contributed by atoms with Gasteiger partial charge >= 0.3 is 0 Å². The molecule has 0 bridgehead atoms. The largest absolute Gasteiger partial charge is 0.540 e. The maximum Gasteiger partial charge on any atom is 0.295 e. The number of likely N-dealkylation sites (tertiary alicyclic amines) is 1. The molecule has 13 heteroatoms. The van der Waals surface area contributed by atoms with Gasteiger partial charge in [-0.05, 0) is 60.6 Å². The van der Waals surface area contributed by atoms with Gasteiger partial charge in [0, 0.05) is 43.7 Å². The number of hydrogen-bond donors (Lipinski definition) is 3. The zero-order valence-corrected chi connectivity index (χ0v) is 29.1. The van der Waals surface area contributed by atoms with E-state index in [0.717, 1.165) is 38.7 Å². The number of aromatic nitrogens is 2. The summed E-state index contributed by atoms with van der Waals surface area (Å²) < 4.78 is 28.7. The van der Waals surface area contributed by atoms with Gasteiger partial charge in [0.05, 0.1) is 11.0 Å². The first kappa shape index (κ1) is 40.7. The van der Waals surface area contributed by atoms with E-state index in [1.807, 2.05) is 34.0 Å². The first-order valence-electron chi connectivity index (χ1n) is 15.1. The number of aliphatic hydroxyl groups is 1. The minimum atomic E-state index is -3.21. The Bertz CT molecular complexity index is 1320. The summed E-state index contributed by atoms with van der Waals surface area (Å²) in [6, 6.07) is 3.51. The van der Waals surface area contributed by atoms with E-state index in [9.17, 15) is 28.0 Å². The number of alkyl halides is 2. The molecule has 1 aromatic heterocycles. The van der Waals surface area contributed by atoms with Gasteiger partial charge in [0.15, 0.2) is 5.69 Å². The van der Waals surface area contributed by atoms with Crippen LogP contribution in [0.25, 0.3) is 11.0 Å². The van der Waals surface area contributed by atoms with E-state index >= 15 is 0 Å². The number of amides is 2. The summed E-state index contributed by atoms with van der Waals surface area (Å²) in [6.07, 6.45) is 7.23. The number of nitrogens with one attached hydrogen (secondary N) is 2. The Hall–Kier alpha value is -2.34. The molecule has 45 heavy (non-hydrogen) atoms. The van der Waals surface area contributed by atoms with Gasteiger partial charge in [0.25, 0.3) is 11.5 Å². The number of hydrogen-bond acceptors (Lipinski definition) is 6. The third kappa shape index (κ3) is 11.2. The maximum absolute atomic E-state index is 14.3. The standard InChI is InChI=1S/C17H19ClF2N2O.C14H23N2O3.CH4O.V/c1-10-8-11(10)4-2-3-7-17(19,20)15-16(23)22-14-9-12(18)5-6-13(14)21-15;1-5-10-6-7-16(11(10)8-17)13(19)12(15-9-18)14(2,3)4;1-2;/h5-6,9-11H,2-4,7-8H2,1H3,(H,22,23);9-12H,5-7H2,1-4H3,(H,15,18);2H,1H3;/q;-1;;/t;10?,11?,12-;;/m.1../s1. The van der Waals surface area contributed by atoms with Crippen LogP contribution in [0.5, 0.6) is 0 Å². The van der Waals surface area contributed by atoms with Crippen molar-refractivity contribution in [1.29, 1.82) is 0 Å². The fourth-order valence-corrected chi connectivity index (χ4v) is 5.77. The second-order valence-electron chi connectivity index (χ2n) is 12.6. The number of halogens is 3. The second-order valence-corrected chi connectivity index (χ2v) is 13.1. The predicted octanol–water partition coefficient (Wildman–Crippen LogP) is 5.37. The van der Waals surface area contributed by atoms with E-state index in [2.05, 4.69) is 22.2 Å². The van der Waals surface area contributed by atoms with Crippen molar-refractivity contribution in [3.63, 3.8) is 0 Å². The van der Waals surface area contributed by atoms with E-state index in [0.29, 0.717) is 41.3 Å². The first-order valence-corrected chi connectivity index (χ1v) is 15.5. The van der Waals surface area contributed by atoms with Crippen LogP contribution in [0.1, 0.15) is 85.3 Å². The third-order valence-electron chi connectivity index (χ3n) is 8.39. The molecule has 2 heterocycles. The molecule has 1 aliphatic heterocycles. The van der Waals surface area contributed by atoms with Crippen LogP contribution in [0.3, 0.4) is 0 Å². The van der Waals surface area contributed by atoms with Crippen molar-refractivity contribution in [3.8, 4) is 0 Å². The van der Waals surface area contributed by atoms with Gasteiger partial charge in [0.1, 0.15) is 6.04 Å². The van der Waals surface area contributed by atoms with E-state index < -0.39 is 34.7 Å². The second kappa shape index (κ2) is 18.1.